The van der Waals surface area contributed by atoms with Gasteiger partial charge in [-0.2, -0.15) is 4.31 Å². The van der Waals surface area contributed by atoms with Crippen molar-refractivity contribution >= 4 is 15.9 Å². The van der Waals surface area contributed by atoms with Gasteiger partial charge in [-0.25, -0.2) is 12.8 Å². The standard InChI is InChI=1S/C22H25FN2O5S/c1-24(15-16-2-7-20-21(14-16)30-13-12-29-20)22(26)17-8-10-25(11-9-17)31(27,28)19-5-3-18(23)4-6-19/h2-7,14,17H,8-13,15H2,1H3. The van der Waals surface area contributed by atoms with Crippen molar-refractivity contribution in [2.75, 3.05) is 33.4 Å². The van der Waals surface area contributed by atoms with Gasteiger partial charge in [0.2, 0.25) is 15.9 Å². The lowest BCUT2D eigenvalue weighted by Crippen LogP contribution is -2.43. The quantitative estimate of drug-likeness (QED) is 0.703. The fourth-order valence-electron chi connectivity index (χ4n) is 3.95. The van der Waals surface area contributed by atoms with Gasteiger partial charge in [-0.15, -0.1) is 0 Å². The molecule has 2 aromatic rings. The molecule has 0 aliphatic carbocycles. The number of benzene rings is 2. The summed E-state index contributed by atoms with van der Waals surface area (Å²) in [6, 6.07) is 10.4. The van der Waals surface area contributed by atoms with Crippen LogP contribution in [-0.4, -0.2) is 56.9 Å². The highest BCUT2D eigenvalue weighted by Crippen LogP contribution is 2.31. The van der Waals surface area contributed by atoms with Crippen molar-refractivity contribution in [3.63, 3.8) is 0 Å². The largest absolute Gasteiger partial charge is 0.486 e. The summed E-state index contributed by atoms with van der Waals surface area (Å²) in [6.07, 6.45) is 0.898. The molecule has 4 rings (SSSR count). The summed E-state index contributed by atoms with van der Waals surface area (Å²) in [6.45, 7) is 1.98. The summed E-state index contributed by atoms with van der Waals surface area (Å²) >= 11 is 0. The van der Waals surface area contributed by atoms with Crippen molar-refractivity contribution in [1.29, 1.82) is 0 Å². The summed E-state index contributed by atoms with van der Waals surface area (Å²) in [5.41, 5.74) is 0.941. The Morgan fingerprint density at radius 2 is 1.71 bits per heavy atom. The Kier molecular flexibility index (Phi) is 6.15. The zero-order valence-electron chi connectivity index (χ0n) is 17.3. The molecule has 31 heavy (non-hydrogen) atoms. The fraction of sp³-hybridized carbons (Fsp3) is 0.409. The zero-order valence-corrected chi connectivity index (χ0v) is 18.1. The van der Waals surface area contributed by atoms with Gasteiger partial charge in [-0.1, -0.05) is 6.07 Å². The van der Waals surface area contributed by atoms with E-state index in [0.29, 0.717) is 44.1 Å². The topological polar surface area (TPSA) is 76.2 Å². The normalized spacial score (nSPS) is 17.4. The molecule has 0 N–H and O–H groups in total. The average molecular weight is 449 g/mol. The van der Waals surface area contributed by atoms with Gasteiger partial charge in [0.15, 0.2) is 11.5 Å². The van der Waals surface area contributed by atoms with Gasteiger partial charge in [0.25, 0.3) is 0 Å². The van der Waals surface area contributed by atoms with Crippen LogP contribution in [0.15, 0.2) is 47.4 Å². The van der Waals surface area contributed by atoms with Gasteiger partial charge >= 0.3 is 0 Å². The molecule has 0 radical (unpaired) electrons. The third-order valence-electron chi connectivity index (χ3n) is 5.66. The molecule has 166 valence electrons. The van der Waals surface area contributed by atoms with Crippen LogP contribution in [0.25, 0.3) is 0 Å². The minimum absolute atomic E-state index is 0.00582. The highest BCUT2D eigenvalue weighted by atomic mass is 32.2. The molecule has 2 aliphatic rings. The number of rotatable bonds is 5. The van der Waals surface area contributed by atoms with Gasteiger partial charge in [-0.3, -0.25) is 4.79 Å². The van der Waals surface area contributed by atoms with Crippen LogP contribution in [-0.2, 0) is 21.4 Å². The number of fused-ring (bicyclic) bond motifs is 1. The number of carbonyl (C=O) groups excluding carboxylic acids is 1. The van der Waals surface area contributed by atoms with Crippen LogP contribution in [0.5, 0.6) is 11.5 Å². The second-order valence-electron chi connectivity index (χ2n) is 7.80. The van der Waals surface area contributed by atoms with Gasteiger partial charge in [-0.05, 0) is 54.8 Å². The smallest absolute Gasteiger partial charge is 0.243 e. The SMILES string of the molecule is CN(Cc1ccc2c(c1)OCCO2)C(=O)C1CCN(S(=O)(=O)c2ccc(F)cc2)CC1. The van der Waals surface area contributed by atoms with E-state index in [9.17, 15) is 17.6 Å². The number of carbonyl (C=O) groups is 1. The molecule has 2 aliphatic heterocycles. The number of ether oxygens (including phenoxy) is 2. The zero-order chi connectivity index (χ0) is 22.0. The molecule has 0 bridgehead atoms. The predicted octanol–water partition coefficient (Wildman–Crippen LogP) is 2.66. The molecule has 0 spiro atoms. The molecule has 0 unspecified atom stereocenters. The summed E-state index contributed by atoms with van der Waals surface area (Å²) in [5.74, 6) is 0.669. The van der Waals surface area contributed by atoms with Crippen LogP contribution < -0.4 is 9.47 Å². The van der Waals surface area contributed by atoms with Crippen LogP contribution in [0.1, 0.15) is 18.4 Å². The number of halogens is 1. The maximum Gasteiger partial charge on any atom is 0.243 e. The number of sulfonamides is 1. The highest BCUT2D eigenvalue weighted by molar-refractivity contribution is 7.89. The maximum atomic E-state index is 13.1. The molecule has 7 nitrogen and oxygen atoms in total. The van der Waals surface area contributed by atoms with Crippen molar-refractivity contribution < 1.29 is 27.1 Å². The molecule has 0 saturated carbocycles. The van der Waals surface area contributed by atoms with Crippen molar-refractivity contribution in [3.05, 3.63) is 53.8 Å². The van der Waals surface area contributed by atoms with E-state index in [4.69, 9.17) is 9.47 Å². The van der Waals surface area contributed by atoms with Crippen molar-refractivity contribution in [2.45, 2.75) is 24.3 Å². The van der Waals surface area contributed by atoms with E-state index in [2.05, 4.69) is 0 Å². The van der Waals surface area contributed by atoms with Gasteiger partial charge in [0.1, 0.15) is 19.0 Å². The maximum absolute atomic E-state index is 13.1. The van der Waals surface area contributed by atoms with Gasteiger partial charge < -0.3 is 14.4 Å². The molecule has 0 aromatic heterocycles. The minimum atomic E-state index is -3.69. The molecule has 2 aromatic carbocycles. The lowest BCUT2D eigenvalue weighted by Gasteiger charge is -2.32. The van der Waals surface area contributed by atoms with E-state index in [-0.39, 0.29) is 29.8 Å². The summed E-state index contributed by atoms with van der Waals surface area (Å²) < 4.78 is 51.1. The number of piperidine rings is 1. The predicted molar refractivity (Wildman–Crippen MR) is 112 cm³/mol. The Labute approximate surface area is 181 Å². The molecular weight excluding hydrogens is 423 g/mol. The minimum Gasteiger partial charge on any atom is -0.486 e. The van der Waals surface area contributed by atoms with Gasteiger partial charge in [0.05, 0.1) is 4.90 Å². The van der Waals surface area contributed by atoms with E-state index in [1.165, 1.54) is 16.4 Å². The molecule has 1 saturated heterocycles. The van der Waals surface area contributed by atoms with Crippen LogP contribution >= 0.6 is 0 Å². The van der Waals surface area contributed by atoms with E-state index >= 15 is 0 Å². The van der Waals surface area contributed by atoms with E-state index in [1.807, 2.05) is 18.2 Å². The van der Waals surface area contributed by atoms with E-state index in [1.54, 1.807) is 11.9 Å². The second kappa shape index (κ2) is 8.84. The summed E-state index contributed by atoms with van der Waals surface area (Å²) in [4.78, 5) is 14.6. The number of hydrogen-bond acceptors (Lipinski definition) is 5. The number of amides is 1. The van der Waals surface area contributed by atoms with Crippen LogP contribution in [0.2, 0.25) is 0 Å². The Bertz CT molecular complexity index is 1050. The first-order chi connectivity index (χ1) is 14.8. The third kappa shape index (κ3) is 4.67. The Hall–Kier alpha value is -2.65. The van der Waals surface area contributed by atoms with Crippen molar-refractivity contribution in [3.8, 4) is 11.5 Å². The van der Waals surface area contributed by atoms with Crippen LogP contribution in [0.3, 0.4) is 0 Å². The first-order valence-electron chi connectivity index (χ1n) is 10.2. The fourth-order valence-corrected chi connectivity index (χ4v) is 5.42. The molecule has 0 atom stereocenters. The van der Waals surface area contributed by atoms with Crippen molar-refractivity contribution in [2.24, 2.45) is 5.92 Å². The molecule has 1 fully saturated rings. The summed E-state index contributed by atoms with van der Waals surface area (Å²) in [5, 5.41) is 0. The summed E-state index contributed by atoms with van der Waals surface area (Å²) in [7, 11) is -1.94. The molecular formula is C22H25FN2O5S. The third-order valence-corrected chi connectivity index (χ3v) is 7.57. The van der Waals surface area contributed by atoms with E-state index in [0.717, 1.165) is 17.7 Å². The van der Waals surface area contributed by atoms with Crippen LogP contribution in [0, 0.1) is 11.7 Å². The Morgan fingerprint density at radius 1 is 1.06 bits per heavy atom. The van der Waals surface area contributed by atoms with E-state index < -0.39 is 15.8 Å². The highest BCUT2D eigenvalue weighted by Gasteiger charge is 2.33. The Morgan fingerprint density at radius 3 is 2.39 bits per heavy atom. The Balaban J connectivity index is 1.35. The molecule has 9 heteroatoms. The number of nitrogens with zero attached hydrogens (tertiary/aromatic N) is 2. The molecule has 1 amide bonds. The molecule has 2 heterocycles. The monoisotopic (exact) mass is 448 g/mol. The lowest BCUT2D eigenvalue weighted by atomic mass is 9.96. The van der Waals surface area contributed by atoms with Gasteiger partial charge in [0, 0.05) is 32.6 Å². The lowest BCUT2D eigenvalue weighted by molar-refractivity contribution is -0.135. The first kappa shape index (κ1) is 21.6. The first-order valence-corrected chi connectivity index (χ1v) is 11.7. The van der Waals surface area contributed by atoms with Crippen molar-refractivity contribution in [1.82, 2.24) is 9.21 Å². The average Bonchev–Trinajstić information content (AvgIpc) is 2.79. The number of hydrogen-bond donors (Lipinski definition) is 0. The second-order valence-corrected chi connectivity index (χ2v) is 9.74. The van der Waals surface area contributed by atoms with Crippen LogP contribution in [0.4, 0.5) is 4.39 Å².